The Bertz CT molecular complexity index is 404. The number of carbonyl (C=O) groups is 1. The van der Waals surface area contributed by atoms with E-state index in [1.54, 1.807) is 12.1 Å². The first kappa shape index (κ1) is 13.8. The largest absolute Gasteiger partial charge is 0.481 e. The first-order valence-electron chi connectivity index (χ1n) is 4.82. The van der Waals surface area contributed by atoms with Gasteiger partial charge in [0.2, 0.25) is 0 Å². The highest BCUT2D eigenvalue weighted by Gasteiger charge is 2.40. The minimum absolute atomic E-state index is 0.215. The molecule has 1 aromatic carbocycles. The second-order valence-corrected chi connectivity index (χ2v) is 4.04. The van der Waals surface area contributed by atoms with Crippen LogP contribution in [0.4, 0.5) is 13.2 Å². The molecule has 0 aliphatic heterocycles. The number of carboxylic acids is 1. The van der Waals surface area contributed by atoms with Crippen LogP contribution in [0, 0.1) is 5.92 Å². The second kappa shape index (κ2) is 5.40. The van der Waals surface area contributed by atoms with Crippen molar-refractivity contribution in [2.45, 2.75) is 19.0 Å². The number of hydrogen-bond donors (Lipinski definition) is 1. The lowest BCUT2D eigenvalue weighted by Gasteiger charge is -2.18. The van der Waals surface area contributed by atoms with Crippen LogP contribution >= 0.6 is 11.6 Å². The van der Waals surface area contributed by atoms with Crippen molar-refractivity contribution < 1.29 is 23.1 Å². The van der Waals surface area contributed by atoms with Gasteiger partial charge in [0, 0.05) is 5.02 Å². The summed E-state index contributed by atoms with van der Waals surface area (Å²) in [4.78, 5) is 10.4. The lowest BCUT2D eigenvalue weighted by molar-refractivity contribution is -0.182. The summed E-state index contributed by atoms with van der Waals surface area (Å²) in [6, 6.07) is 6.11. The van der Waals surface area contributed by atoms with Crippen molar-refractivity contribution in [1.82, 2.24) is 0 Å². The molecule has 1 atom stereocenters. The van der Waals surface area contributed by atoms with Gasteiger partial charge in [-0.3, -0.25) is 4.79 Å². The van der Waals surface area contributed by atoms with E-state index in [9.17, 15) is 18.0 Å². The van der Waals surface area contributed by atoms with Crippen molar-refractivity contribution in [3.05, 3.63) is 34.9 Å². The fourth-order valence-electron chi connectivity index (χ4n) is 1.44. The number of benzene rings is 1. The molecule has 0 fully saturated rings. The molecule has 0 saturated heterocycles. The molecule has 2 nitrogen and oxygen atoms in total. The fraction of sp³-hybridized carbons (Fsp3) is 0.364. The van der Waals surface area contributed by atoms with Crippen LogP contribution in [0.1, 0.15) is 12.0 Å². The van der Waals surface area contributed by atoms with Crippen LogP contribution in [-0.2, 0) is 11.2 Å². The van der Waals surface area contributed by atoms with Gasteiger partial charge in [0.05, 0.1) is 12.3 Å². The Morgan fingerprint density at radius 3 is 2.41 bits per heavy atom. The molecule has 0 radical (unpaired) electrons. The molecule has 0 bridgehead atoms. The molecule has 1 unspecified atom stereocenters. The number of carboxylic acid groups (broad SMARTS) is 1. The SMILES string of the molecule is O=C(O)CC(Cc1ccccc1Cl)C(F)(F)F. The van der Waals surface area contributed by atoms with Crippen LogP contribution in [0.25, 0.3) is 0 Å². The monoisotopic (exact) mass is 266 g/mol. The van der Waals surface area contributed by atoms with Gasteiger partial charge in [-0.05, 0) is 18.1 Å². The highest BCUT2D eigenvalue weighted by Crippen LogP contribution is 2.33. The smallest absolute Gasteiger partial charge is 0.392 e. The molecule has 17 heavy (non-hydrogen) atoms. The Morgan fingerprint density at radius 2 is 1.94 bits per heavy atom. The first-order valence-corrected chi connectivity index (χ1v) is 5.20. The van der Waals surface area contributed by atoms with Gasteiger partial charge in [-0.1, -0.05) is 29.8 Å². The van der Waals surface area contributed by atoms with Crippen molar-refractivity contribution >= 4 is 17.6 Å². The molecule has 1 N–H and O–H groups in total. The van der Waals surface area contributed by atoms with Crippen LogP contribution in [0.2, 0.25) is 5.02 Å². The minimum Gasteiger partial charge on any atom is -0.481 e. The van der Waals surface area contributed by atoms with Gasteiger partial charge in [0.1, 0.15) is 0 Å². The summed E-state index contributed by atoms with van der Waals surface area (Å²) in [5, 5.41) is 8.68. The summed E-state index contributed by atoms with van der Waals surface area (Å²) in [6.45, 7) is 0. The van der Waals surface area contributed by atoms with Gasteiger partial charge < -0.3 is 5.11 Å². The molecule has 0 heterocycles. The van der Waals surface area contributed by atoms with Gasteiger partial charge >= 0.3 is 12.1 Å². The molecular weight excluding hydrogens is 257 g/mol. The van der Waals surface area contributed by atoms with Gasteiger partial charge in [0.15, 0.2) is 0 Å². The lowest BCUT2D eigenvalue weighted by Crippen LogP contribution is -2.27. The average molecular weight is 267 g/mol. The van der Waals surface area contributed by atoms with Gasteiger partial charge in [-0.25, -0.2) is 0 Å². The summed E-state index contributed by atoms with van der Waals surface area (Å²) in [5.74, 6) is -3.39. The predicted octanol–water partition coefficient (Wildman–Crippen LogP) is 3.54. The molecule has 0 aliphatic carbocycles. The van der Waals surface area contributed by atoms with Crippen molar-refractivity contribution in [2.24, 2.45) is 5.92 Å². The third-order valence-corrected chi connectivity index (χ3v) is 2.68. The van der Waals surface area contributed by atoms with E-state index in [4.69, 9.17) is 16.7 Å². The molecule has 0 aromatic heterocycles. The molecule has 1 rings (SSSR count). The Balaban J connectivity index is 2.87. The van der Waals surface area contributed by atoms with Crippen LogP contribution < -0.4 is 0 Å². The van der Waals surface area contributed by atoms with Crippen molar-refractivity contribution in [2.75, 3.05) is 0 Å². The quantitative estimate of drug-likeness (QED) is 0.905. The van der Waals surface area contributed by atoms with Gasteiger partial charge in [-0.15, -0.1) is 0 Å². The zero-order chi connectivity index (χ0) is 13.1. The van der Waals surface area contributed by atoms with Crippen molar-refractivity contribution in [3.8, 4) is 0 Å². The van der Waals surface area contributed by atoms with Crippen molar-refractivity contribution in [3.63, 3.8) is 0 Å². The maximum Gasteiger partial charge on any atom is 0.392 e. The molecule has 6 heteroatoms. The third kappa shape index (κ3) is 4.26. The van der Waals surface area contributed by atoms with E-state index in [1.807, 2.05) is 0 Å². The number of hydrogen-bond acceptors (Lipinski definition) is 1. The summed E-state index contributed by atoms with van der Waals surface area (Å²) in [7, 11) is 0. The molecular formula is C11H10ClF3O2. The third-order valence-electron chi connectivity index (χ3n) is 2.31. The Kier molecular flexibility index (Phi) is 4.40. The highest BCUT2D eigenvalue weighted by atomic mass is 35.5. The Labute approximate surface area is 101 Å². The molecule has 0 spiro atoms. The Morgan fingerprint density at radius 1 is 1.35 bits per heavy atom. The van der Waals surface area contributed by atoms with E-state index < -0.39 is 30.9 Å². The second-order valence-electron chi connectivity index (χ2n) is 3.63. The Hall–Kier alpha value is -1.23. The highest BCUT2D eigenvalue weighted by molar-refractivity contribution is 6.31. The number of alkyl halides is 3. The number of rotatable bonds is 4. The summed E-state index contributed by atoms with van der Waals surface area (Å²) >= 11 is 5.74. The minimum atomic E-state index is -4.54. The van der Waals surface area contributed by atoms with E-state index in [2.05, 4.69) is 0 Å². The zero-order valence-corrected chi connectivity index (χ0v) is 9.42. The topological polar surface area (TPSA) is 37.3 Å². The maximum absolute atomic E-state index is 12.6. The normalized spacial score (nSPS) is 13.4. The number of aliphatic carboxylic acids is 1. The van der Waals surface area contributed by atoms with Crippen molar-refractivity contribution in [1.29, 1.82) is 0 Å². The van der Waals surface area contributed by atoms with E-state index in [0.29, 0.717) is 5.56 Å². The molecule has 0 saturated carbocycles. The molecule has 0 amide bonds. The van der Waals surface area contributed by atoms with Crippen LogP contribution in [0.3, 0.4) is 0 Å². The van der Waals surface area contributed by atoms with Gasteiger partial charge in [-0.2, -0.15) is 13.2 Å². The lowest BCUT2D eigenvalue weighted by atomic mass is 9.95. The van der Waals surface area contributed by atoms with Crippen LogP contribution in [0.5, 0.6) is 0 Å². The number of halogens is 4. The van der Waals surface area contributed by atoms with E-state index in [0.717, 1.165) is 0 Å². The molecule has 0 aliphatic rings. The molecule has 1 aromatic rings. The van der Waals surface area contributed by atoms with Gasteiger partial charge in [0.25, 0.3) is 0 Å². The zero-order valence-electron chi connectivity index (χ0n) is 8.67. The van der Waals surface area contributed by atoms with Crippen LogP contribution in [-0.4, -0.2) is 17.3 Å². The average Bonchev–Trinajstić information content (AvgIpc) is 2.18. The molecule has 94 valence electrons. The maximum atomic E-state index is 12.6. The summed E-state index contributed by atoms with van der Waals surface area (Å²) < 4.78 is 37.8. The van der Waals surface area contributed by atoms with E-state index >= 15 is 0 Å². The first-order chi connectivity index (χ1) is 7.80. The van der Waals surface area contributed by atoms with Crippen LogP contribution in [0.15, 0.2) is 24.3 Å². The standard InChI is InChI=1S/C11H10ClF3O2/c12-9-4-2-1-3-7(9)5-8(6-10(16)17)11(13,14)15/h1-4,8H,5-6H2,(H,16,17). The van der Waals surface area contributed by atoms with E-state index in [1.165, 1.54) is 12.1 Å². The summed E-state index contributed by atoms with van der Waals surface area (Å²) in [5.41, 5.74) is 0.303. The fourth-order valence-corrected chi connectivity index (χ4v) is 1.66. The predicted molar refractivity (Wildman–Crippen MR) is 57.0 cm³/mol. The van der Waals surface area contributed by atoms with E-state index in [-0.39, 0.29) is 5.02 Å². The summed E-state index contributed by atoms with van der Waals surface area (Å²) in [6.07, 6.45) is -5.91.